The first kappa shape index (κ1) is 11.7. The number of H-pyrrole nitrogens is 1. The number of aromatic nitrogens is 1. The van der Waals surface area contributed by atoms with E-state index in [4.69, 9.17) is 0 Å². The van der Waals surface area contributed by atoms with Gasteiger partial charge in [0.15, 0.2) is 0 Å². The van der Waals surface area contributed by atoms with Crippen molar-refractivity contribution in [3.05, 3.63) is 36.0 Å². The van der Waals surface area contributed by atoms with Crippen molar-refractivity contribution in [3.8, 4) is 0 Å². The Morgan fingerprint density at radius 1 is 1.17 bits per heavy atom. The Morgan fingerprint density at radius 3 is 2.78 bits per heavy atom. The fraction of sp³-hybridized carbons (Fsp3) is 0.429. The number of piperazine rings is 1. The van der Waals surface area contributed by atoms with Gasteiger partial charge in [-0.05, 0) is 18.7 Å². The van der Waals surface area contributed by atoms with Crippen LogP contribution in [0.1, 0.15) is 5.56 Å². The van der Waals surface area contributed by atoms with Gasteiger partial charge in [-0.1, -0.05) is 18.2 Å². The number of fused-ring (bicyclic) bond motifs is 1. The lowest BCUT2D eigenvalue weighted by Gasteiger charge is -2.32. The summed E-state index contributed by atoms with van der Waals surface area (Å²) in [7, 11) is 2.18. The average Bonchev–Trinajstić information content (AvgIpc) is 2.82. The lowest BCUT2D eigenvalue weighted by Crippen LogP contribution is -2.50. The number of aromatic amines is 1. The van der Waals surface area contributed by atoms with Crippen molar-refractivity contribution in [2.45, 2.75) is 6.54 Å². The second-order valence-corrected chi connectivity index (χ2v) is 4.98. The molecule has 4 nitrogen and oxygen atoms in total. The molecule has 96 valence electrons. The van der Waals surface area contributed by atoms with Gasteiger partial charge in [0.05, 0.1) is 0 Å². The van der Waals surface area contributed by atoms with E-state index in [1.807, 2.05) is 0 Å². The van der Waals surface area contributed by atoms with Crippen molar-refractivity contribution in [2.24, 2.45) is 0 Å². The molecule has 1 aromatic carbocycles. The zero-order chi connectivity index (χ0) is 12.4. The van der Waals surface area contributed by atoms with E-state index in [-0.39, 0.29) is 0 Å². The number of rotatable bonds is 3. The number of benzene rings is 1. The summed E-state index contributed by atoms with van der Waals surface area (Å²) in [6, 6.07) is 8.45. The van der Waals surface area contributed by atoms with E-state index in [2.05, 4.69) is 57.8 Å². The van der Waals surface area contributed by atoms with Gasteiger partial charge in [0.2, 0.25) is 0 Å². The van der Waals surface area contributed by atoms with Crippen molar-refractivity contribution in [2.75, 3.05) is 33.2 Å². The van der Waals surface area contributed by atoms with Crippen LogP contribution in [-0.4, -0.2) is 48.1 Å². The Labute approximate surface area is 108 Å². The molecule has 2 aromatic rings. The molecule has 0 aliphatic carbocycles. The van der Waals surface area contributed by atoms with E-state index < -0.39 is 0 Å². The highest BCUT2D eigenvalue weighted by Crippen LogP contribution is 2.17. The van der Waals surface area contributed by atoms with Crippen molar-refractivity contribution >= 4 is 10.9 Å². The third-order valence-corrected chi connectivity index (χ3v) is 3.67. The van der Waals surface area contributed by atoms with Crippen LogP contribution in [0, 0.1) is 0 Å². The number of hydrogen-bond acceptors (Lipinski definition) is 3. The van der Waals surface area contributed by atoms with Crippen LogP contribution in [-0.2, 0) is 6.54 Å². The van der Waals surface area contributed by atoms with E-state index in [1.165, 1.54) is 16.5 Å². The molecule has 2 heterocycles. The highest BCUT2D eigenvalue weighted by molar-refractivity contribution is 5.82. The standard InChI is InChI=1S/C14H20N4/c1-17-6-8-18(9-7-17)16-11-12-10-15-14-5-3-2-4-13(12)14/h2-5,10,15-16H,6-9,11H2,1H3. The predicted molar refractivity (Wildman–Crippen MR) is 74.2 cm³/mol. The molecule has 0 radical (unpaired) electrons. The van der Waals surface area contributed by atoms with Crippen LogP contribution in [0.25, 0.3) is 10.9 Å². The van der Waals surface area contributed by atoms with Gasteiger partial charge in [-0.15, -0.1) is 0 Å². The highest BCUT2D eigenvalue weighted by Gasteiger charge is 2.13. The van der Waals surface area contributed by atoms with E-state index in [1.54, 1.807) is 0 Å². The quantitative estimate of drug-likeness (QED) is 0.857. The molecule has 1 aliphatic heterocycles. The Hall–Kier alpha value is -1.36. The highest BCUT2D eigenvalue weighted by atomic mass is 15.5. The predicted octanol–water partition coefficient (Wildman–Crippen LogP) is 1.42. The minimum atomic E-state index is 0.897. The van der Waals surface area contributed by atoms with Gasteiger partial charge < -0.3 is 9.88 Å². The Morgan fingerprint density at radius 2 is 1.94 bits per heavy atom. The first-order valence-corrected chi connectivity index (χ1v) is 6.55. The van der Waals surface area contributed by atoms with Crippen molar-refractivity contribution in [1.82, 2.24) is 20.3 Å². The maximum absolute atomic E-state index is 3.52. The molecular weight excluding hydrogens is 224 g/mol. The summed E-state index contributed by atoms with van der Waals surface area (Å²) in [4.78, 5) is 5.68. The van der Waals surface area contributed by atoms with E-state index >= 15 is 0 Å². The molecule has 0 atom stereocenters. The zero-order valence-corrected chi connectivity index (χ0v) is 10.8. The third-order valence-electron chi connectivity index (χ3n) is 3.67. The lowest BCUT2D eigenvalue weighted by molar-refractivity contribution is 0.102. The number of nitrogens with zero attached hydrogens (tertiary/aromatic N) is 2. The SMILES string of the molecule is CN1CCN(NCc2c[nH]c3ccccc23)CC1. The summed E-state index contributed by atoms with van der Waals surface area (Å²) in [5.74, 6) is 0. The molecule has 4 heteroatoms. The van der Waals surface area contributed by atoms with E-state index in [0.29, 0.717) is 0 Å². The first-order chi connectivity index (χ1) is 8.83. The van der Waals surface area contributed by atoms with Gasteiger partial charge in [-0.25, -0.2) is 5.01 Å². The number of hydrazine groups is 1. The van der Waals surface area contributed by atoms with E-state index in [0.717, 1.165) is 32.7 Å². The van der Waals surface area contributed by atoms with Crippen LogP contribution in [0.3, 0.4) is 0 Å². The minimum Gasteiger partial charge on any atom is -0.361 e. The number of para-hydroxylation sites is 1. The zero-order valence-electron chi connectivity index (χ0n) is 10.8. The smallest absolute Gasteiger partial charge is 0.0457 e. The second kappa shape index (κ2) is 5.10. The topological polar surface area (TPSA) is 34.3 Å². The molecule has 1 fully saturated rings. The van der Waals surface area contributed by atoms with Crippen LogP contribution < -0.4 is 5.43 Å². The largest absolute Gasteiger partial charge is 0.361 e. The van der Waals surface area contributed by atoms with Gasteiger partial charge >= 0.3 is 0 Å². The maximum Gasteiger partial charge on any atom is 0.0457 e. The molecule has 3 rings (SSSR count). The molecule has 0 amide bonds. The average molecular weight is 244 g/mol. The van der Waals surface area contributed by atoms with Crippen molar-refractivity contribution in [1.29, 1.82) is 0 Å². The molecule has 0 bridgehead atoms. The van der Waals surface area contributed by atoms with Crippen LogP contribution in [0.2, 0.25) is 0 Å². The number of nitrogens with one attached hydrogen (secondary N) is 2. The van der Waals surface area contributed by atoms with Crippen LogP contribution in [0.5, 0.6) is 0 Å². The van der Waals surface area contributed by atoms with Gasteiger partial charge in [-0.2, -0.15) is 0 Å². The molecule has 18 heavy (non-hydrogen) atoms. The Balaban J connectivity index is 1.63. The fourth-order valence-corrected chi connectivity index (χ4v) is 2.44. The molecule has 2 N–H and O–H groups in total. The van der Waals surface area contributed by atoms with Crippen molar-refractivity contribution in [3.63, 3.8) is 0 Å². The maximum atomic E-state index is 3.52. The first-order valence-electron chi connectivity index (χ1n) is 6.55. The molecular formula is C14H20N4. The number of likely N-dealkylation sites (N-methyl/N-ethyl adjacent to an activating group) is 1. The number of hydrogen-bond donors (Lipinski definition) is 2. The fourth-order valence-electron chi connectivity index (χ4n) is 2.44. The Bertz CT molecular complexity index is 511. The van der Waals surface area contributed by atoms with Crippen molar-refractivity contribution < 1.29 is 0 Å². The molecule has 1 saturated heterocycles. The van der Waals surface area contributed by atoms with Crippen LogP contribution >= 0.6 is 0 Å². The molecule has 1 aliphatic rings. The normalized spacial score (nSPS) is 18.5. The molecule has 1 aromatic heterocycles. The lowest BCUT2D eigenvalue weighted by atomic mass is 10.2. The van der Waals surface area contributed by atoms with Gasteiger partial charge in [0.1, 0.15) is 0 Å². The summed E-state index contributed by atoms with van der Waals surface area (Å²) in [6.45, 7) is 5.37. The van der Waals surface area contributed by atoms with E-state index in [9.17, 15) is 0 Å². The monoisotopic (exact) mass is 244 g/mol. The molecule has 0 unspecified atom stereocenters. The van der Waals surface area contributed by atoms with Crippen LogP contribution in [0.4, 0.5) is 0 Å². The van der Waals surface area contributed by atoms with Gasteiger partial charge in [0, 0.05) is 49.8 Å². The minimum absolute atomic E-state index is 0.897. The summed E-state index contributed by atoms with van der Waals surface area (Å²) in [5, 5.41) is 3.64. The summed E-state index contributed by atoms with van der Waals surface area (Å²) in [6.07, 6.45) is 2.10. The van der Waals surface area contributed by atoms with Crippen LogP contribution in [0.15, 0.2) is 30.5 Å². The summed E-state index contributed by atoms with van der Waals surface area (Å²) >= 11 is 0. The van der Waals surface area contributed by atoms with Gasteiger partial charge in [0.25, 0.3) is 0 Å². The second-order valence-electron chi connectivity index (χ2n) is 4.98. The Kier molecular flexibility index (Phi) is 3.32. The van der Waals surface area contributed by atoms with Gasteiger partial charge in [-0.3, -0.25) is 5.43 Å². The summed E-state index contributed by atoms with van der Waals surface area (Å²) in [5.41, 5.74) is 6.08. The molecule has 0 saturated carbocycles. The molecule has 0 spiro atoms. The summed E-state index contributed by atoms with van der Waals surface area (Å²) < 4.78 is 0. The third kappa shape index (κ3) is 2.41.